The van der Waals surface area contributed by atoms with Crippen LogP contribution in [0.4, 0.5) is 18.9 Å². The quantitative estimate of drug-likeness (QED) is 0.658. The summed E-state index contributed by atoms with van der Waals surface area (Å²) in [5, 5.41) is 4.54. The van der Waals surface area contributed by atoms with Crippen LogP contribution in [0.1, 0.15) is 12.5 Å². The van der Waals surface area contributed by atoms with Crippen molar-refractivity contribution in [3.63, 3.8) is 0 Å². The molecule has 140 valence electrons. The molecule has 3 aromatic rings. The van der Waals surface area contributed by atoms with Crippen LogP contribution in [0.5, 0.6) is 0 Å². The maximum Gasteiger partial charge on any atom is 0.241 e. The Bertz CT molecular complexity index is 990. The molecule has 0 saturated carbocycles. The monoisotopic (exact) mass is 372 g/mol. The van der Waals surface area contributed by atoms with E-state index in [9.17, 15) is 18.0 Å². The molecule has 1 N–H and O–H groups in total. The second-order valence-electron chi connectivity index (χ2n) is 6.48. The molecule has 1 amide bonds. The number of benzene rings is 3. The molecule has 0 heterocycles. The van der Waals surface area contributed by atoms with E-state index in [-0.39, 0.29) is 5.69 Å². The zero-order valence-electron chi connectivity index (χ0n) is 15.0. The van der Waals surface area contributed by atoms with Gasteiger partial charge in [0, 0.05) is 6.54 Å². The van der Waals surface area contributed by atoms with Crippen LogP contribution in [0.2, 0.25) is 0 Å². The summed E-state index contributed by atoms with van der Waals surface area (Å²) in [4.78, 5) is 14.2. The maximum absolute atomic E-state index is 13.7. The summed E-state index contributed by atoms with van der Waals surface area (Å²) < 4.78 is 40.0. The molecule has 0 spiro atoms. The van der Waals surface area contributed by atoms with Crippen molar-refractivity contribution in [2.45, 2.75) is 19.5 Å². The van der Waals surface area contributed by atoms with Crippen LogP contribution in [0.25, 0.3) is 10.8 Å². The number of hydrogen-bond acceptors (Lipinski definition) is 2. The first kappa shape index (κ1) is 18.9. The topological polar surface area (TPSA) is 32.3 Å². The van der Waals surface area contributed by atoms with E-state index in [0.29, 0.717) is 6.54 Å². The molecule has 0 aromatic heterocycles. The second-order valence-corrected chi connectivity index (χ2v) is 6.48. The molecule has 3 nitrogen and oxygen atoms in total. The number of nitrogens with one attached hydrogen (secondary N) is 1. The van der Waals surface area contributed by atoms with Crippen LogP contribution in [0.3, 0.4) is 0 Å². The van der Waals surface area contributed by atoms with Gasteiger partial charge in [-0.05, 0) is 48.5 Å². The second kappa shape index (κ2) is 7.80. The number of anilines is 1. The number of likely N-dealkylation sites (N-methyl/N-ethyl adjacent to an activating group) is 1. The van der Waals surface area contributed by atoms with E-state index in [0.717, 1.165) is 28.5 Å². The number of carbonyl (C=O) groups excluding carboxylic acids is 1. The summed E-state index contributed by atoms with van der Waals surface area (Å²) in [6.07, 6.45) is 0. The van der Waals surface area contributed by atoms with E-state index in [1.165, 1.54) is 0 Å². The molecule has 0 saturated heterocycles. The first-order chi connectivity index (χ1) is 12.9. The third-order valence-electron chi connectivity index (χ3n) is 4.58. The Kier molecular flexibility index (Phi) is 5.46. The normalized spacial score (nSPS) is 12.4. The van der Waals surface area contributed by atoms with Crippen LogP contribution < -0.4 is 5.32 Å². The van der Waals surface area contributed by atoms with E-state index in [4.69, 9.17) is 0 Å². The fraction of sp³-hybridized carbons (Fsp3) is 0.190. The van der Waals surface area contributed by atoms with E-state index in [1.807, 2.05) is 42.5 Å². The number of carbonyl (C=O) groups is 1. The molecular weight excluding hydrogens is 353 g/mol. The molecule has 3 aromatic carbocycles. The highest BCUT2D eigenvalue weighted by atomic mass is 19.2. The lowest BCUT2D eigenvalue weighted by molar-refractivity contribution is -0.120. The number of amides is 1. The van der Waals surface area contributed by atoms with Gasteiger partial charge in [0.15, 0.2) is 17.5 Å². The molecule has 0 bridgehead atoms. The largest absolute Gasteiger partial charge is 0.322 e. The molecule has 0 unspecified atom stereocenters. The van der Waals surface area contributed by atoms with Gasteiger partial charge in [-0.3, -0.25) is 9.69 Å². The van der Waals surface area contributed by atoms with E-state index in [1.54, 1.807) is 18.9 Å². The average Bonchev–Trinajstić information content (AvgIpc) is 2.67. The minimum Gasteiger partial charge on any atom is -0.322 e. The molecule has 0 fully saturated rings. The fourth-order valence-corrected chi connectivity index (χ4v) is 2.82. The van der Waals surface area contributed by atoms with Crippen LogP contribution in [0.15, 0.2) is 54.6 Å². The molecule has 3 rings (SSSR count). The molecule has 0 aliphatic heterocycles. The third kappa shape index (κ3) is 4.11. The van der Waals surface area contributed by atoms with Crippen molar-refractivity contribution in [1.82, 2.24) is 4.90 Å². The van der Waals surface area contributed by atoms with Gasteiger partial charge in [0.1, 0.15) is 0 Å². The first-order valence-electron chi connectivity index (χ1n) is 8.49. The Morgan fingerprint density at radius 3 is 2.44 bits per heavy atom. The molecule has 0 radical (unpaired) electrons. The fourth-order valence-electron chi connectivity index (χ4n) is 2.82. The van der Waals surface area contributed by atoms with Gasteiger partial charge >= 0.3 is 0 Å². The Morgan fingerprint density at radius 1 is 1.00 bits per heavy atom. The van der Waals surface area contributed by atoms with Crippen LogP contribution >= 0.6 is 0 Å². The van der Waals surface area contributed by atoms with Crippen LogP contribution in [-0.2, 0) is 11.3 Å². The summed E-state index contributed by atoms with van der Waals surface area (Å²) in [6.45, 7) is 2.16. The zero-order chi connectivity index (χ0) is 19.6. The van der Waals surface area contributed by atoms with Crippen molar-refractivity contribution in [3.8, 4) is 0 Å². The Labute approximate surface area is 155 Å². The van der Waals surface area contributed by atoms with Crippen LogP contribution in [0, 0.1) is 17.5 Å². The minimum absolute atomic E-state index is 0.384. The summed E-state index contributed by atoms with van der Waals surface area (Å²) in [5.41, 5.74) is 0.639. The highest BCUT2D eigenvalue weighted by Crippen LogP contribution is 2.21. The van der Waals surface area contributed by atoms with Gasteiger partial charge in [-0.2, -0.15) is 0 Å². The SMILES string of the molecule is C[C@@H](C(=O)Nc1ccc(F)c(F)c1F)N(C)Cc1ccc2ccccc2c1. The van der Waals surface area contributed by atoms with Gasteiger partial charge in [0.25, 0.3) is 0 Å². The van der Waals surface area contributed by atoms with Crippen molar-refractivity contribution in [2.75, 3.05) is 12.4 Å². The van der Waals surface area contributed by atoms with E-state index >= 15 is 0 Å². The summed E-state index contributed by atoms with van der Waals surface area (Å²) in [7, 11) is 1.76. The maximum atomic E-state index is 13.7. The zero-order valence-corrected chi connectivity index (χ0v) is 15.0. The number of nitrogens with zero attached hydrogens (tertiary/aromatic N) is 1. The van der Waals surface area contributed by atoms with E-state index < -0.39 is 29.4 Å². The highest BCUT2D eigenvalue weighted by Gasteiger charge is 2.21. The third-order valence-corrected chi connectivity index (χ3v) is 4.58. The Hall–Kier alpha value is -2.86. The summed E-state index contributed by atoms with van der Waals surface area (Å²) in [5.74, 6) is -4.83. The van der Waals surface area contributed by atoms with Gasteiger partial charge in [-0.1, -0.05) is 36.4 Å². The van der Waals surface area contributed by atoms with Gasteiger partial charge in [0.2, 0.25) is 5.91 Å². The molecule has 27 heavy (non-hydrogen) atoms. The van der Waals surface area contributed by atoms with Gasteiger partial charge in [-0.15, -0.1) is 0 Å². The lowest BCUT2D eigenvalue weighted by atomic mass is 10.1. The van der Waals surface area contributed by atoms with Crippen molar-refractivity contribution >= 4 is 22.4 Å². The molecular formula is C21H19F3N2O. The van der Waals surface area contributed by atoms with Crippen molar-refractivity contribution in [3.05, 3.63) is 77.6 Å². The predicted molar refractivity (Wildman–Crippen MR) is 99.8 cm³/mol. The van der Waals surface area contributed by atoms with Gasteiger partial charge in [-0.25, -0.2) is 13.2 Å². The summed E-state index contributed by atoms with van der Waals surface area (Å²) >= 11 is 0. The van der Waals surface area contributed by atoms with Crippen molar-refractivity contribution in [1.29, 1.82) is 0 Å². The number of hydrogen-bond donors (Lipinski definition) is 1. The molecule has 0 aliphatic carbocycles. The van der Waals surface area contributed by atoms with Gasteiger partial charge < -0.3 is 5.32 Å². The minimum atomic E-state index is -1.61. The Morgan fingerprint density at radius 2 is 1.70 bits per heavy atom. The average molecular weight is 372 g/mol. The summed E-state index contributed by atoms with van der Waals surface area (Å²) in [6, 6.07) is 15.2. The molecule has 0 aliphatic rings. The first-order valence-corrected chi connectivity index (χ1v) is 8.49. The molecule has 1 atom stereocenters. The Balaban J connectivity index is 1.69. The standard InChI is InChI=1S/C21H19F3N2O/c1-13(21(27)25-18-10-9-17(22)19(23)20(18)24)26(2)12-14-7-8-15-5-3-4-6-16(15)11-14/h3-11,13H,12H2,1-2H3,(H,25,27)/t13-/m0/s1. The lowest BCUT2D eigenvalue weighted by Gasteiger charge is -2.24. The molecule has 6 heteroatoms. The van der Waals surface area contributed by atoms with Crippen molar-refractivity contribution < 1.29 is 18.0 Å². The number of fused-ring (bicyclic) bond motifs is 1. The van der Waals surface area contributed by atoms with Crippen molar-refractivity contribution in [2.24, 2.45) is 0 Å². The van der Waals surface area contributed by atoms with Gasteiger partial charge in [0.05, 0.1) is 11.7 Å². The smallest absolute Gasteiger partial charge is 0.241 e. The lowest BCUT2D eigenvalue weighted by Crippen LogP contribution is -2.39. The number of rotatable bonds is 5. The predicted octanol–water partition coefficient (Wildman–Crippen LogP) is 4.72. The van der Waals surface area contributed by atoms with E-state index in [2.05, 4.69) is 5.32 Å². The number of halogens is 3. The highest BCUT2D eigenvalue weighted by molar-refractivity contribution is 5.94. The van der Waals surface area contributed by atoms with Crippen LogP contribution in [-0.4, -0.2) is 23.9 Å².